The van der Waals surface area contributed by atoms with Crippen LogP contribution >= 0.6 is 0 Å². The number of rotatable bonds is 3. The standard InChI is InChI=1S/C15H15N3O3S/c1-15(2)11-9-10(6-7-12(11)17-14(15)19)22(20,21)18-13-5-3-4-8-16-13/h3-9H,1-2H3,(H,16,18)(H,17,19). The average Bonchev–Trinajstić information content (AvgIpc) is 2.69. The van der Waals surface area contributed by atoms with Gasteiger partial charge in [-0.25, -0.2) is 13.4 Å². The normalized spacial score (nSPS) is 16.0. The van der Waals surface area contributed by atoms with E-state index in [-0.39, 0.29) is 16.6 Å². The van der Waals surface area contributed by atoms with Crippen molar-refractivity contribution in [3.05, 3.63) is 48.2 Å². The van der Waals surface area contributed by atoms with Gasteiger partial charge in [0, 0.05) is 11.9 Å². The third kappa shape index (κ3) is 2.33. The smallest absolute Gasteiger partial charge is 0.263 e. The number of nitrogens with zero attached hydrogens (tertiary/aromatic N) is 1. The molecule has 6 nitrogen and oxygen atoms in total. The maximum atomic E-state index is 12.4. The number of hydrogen-bond acceptors (Lipinski definition) is 4. The minimum atomic E-state index is -3.75. The van der Waals surface area contributed by atoms with Crippen LogP contribution in [0, 0.1) is 0 Å². The van der Waals surface area contributed by atoms with Crippen LogP contribution in [0.4, 0.5) is 11.5 Å². The van der Waals surface area contributed by atoms with E-state index in [0.717, 1.165) is 0 Å². The minimum absolute atomic E-state index is 0.0986. The van der Waals surface area contributed by atoms with E-state index in [1.54, 1.807) is 38.1 Å². The molecule has 0 atom stereocenters. The van der Waals surface area contributed by atoms with Gasteiger partial charge in [-0.15, -0.1) is 0 Å². The Morgan fingerprint density at radius 3 is 2.64 bits per heavy atom. The van der Waals surface area contributed by atoms with E-state index in [4.69, 9.17) is 0 Å². The summed E-state index contributed by atoms with van der Waals surface area (Å²) in [5.41, 5.74) is 0.555. The monoisotopic (exact) mass is 317 g/mol. The van der Waals surface area contributed by atoms with Crippen molar-refractivity contribution in [3.63, 3.8) is 0 Å². The molecule has 1 aliphatic rings. The Morgan fingerprint density at radius 2 is 1.95 bits per heavy atom. The molecule has 0 spiro atoms. The predicted molar refractivity (Wildman–Crippen MR) is 83.1 cm³/mol. The zero-order valence-electron chi connectivity index (χ0n) is 12.1. The van der Waals surface area contributed by atoms with Gasteiger partial charge < -0.3 is 5.32 Å². The third-order valence-electron chi connectivity index (χ3n) is 3.69. The zero-order chi connectivity index (χ0) is 16.0. The molecule has 22 heavy (non-hydrogen) atoms. The molecular formula is C15H15N3O3S. The molecule has 7 heteroatoms. The number of nitrogens with one attached hydrogen (secondary N) is 2. The van der Waals surface area contributed by atoms with Crippen LogP contribution in [-0.4, -0.2) is 19.3 Å². The average molecular weight is 317 g/mol. The quantitative estimate of drug-likeness (QED) is 0.907. The summed E-state index contributed by atoms with van der Waals surface area (Å²) >= 11 is 0. The molecule has 2 heterocycles. The fraction of sp³-hybridized carbons (Fsp3) is 0.200. The van der Waals surface area contributed by atoms with Gasteiger partial charge in [-0.1, -0.05) is 6.07 Å². The van der Waals surface area contributed by atoms with Crippen molar-refractivity contribution in [2.24, 2.45) is 0 Å². The second kappa shape index (κ2) is 4.81. The van der Waals surface area contributed by atoms with E-state index in [9.17, 15) is 13.2 Å². The summed E-state index contributed by atoms with van der Waals surface area (Å²) in [6.45, 7) is 3.52. The molecule has 1 amide bonds. The number of benzene rings is 1. The van der Waals surface area contributed by atoms with Crippen LogP contribution in [-0.2, 0) is 20.2 Å². The molecular weight excluding hydrogens is 302 g/mol. The van der Waals surface area contributed by atoms with Crippen molar-refractivity contribution in [3.8, 4) is 0 Å². The number of anilines is 2. The van der Waals surface area contributed by atoms with E-state index >= 15 is 0 Å². The van der Waals surface area contributed by atoms with E-state index in [1.165, 1.54) is 18.3 Å². The summed E-state index contributed by atoms with van der Waals surface area (Å²) in [4.78, 5) is 16.0. The fourth-order valence-corrected chi connectivity index (χ4v) is 3.37. The molecule has 2 N–H and O–H groups in total. The van der Waals surface area contributed by atoms with Crippen LogP contribution in [0.2, 0.25) is 0 Å². The molecule has 0 unspecified atom stereocenters. The molecule has 0 saturated carbocycles. The maximum absolute atomic E-state index is 12.4. The summed E-state index contributed by atoms with van der Waals surface area (Å²) in [6, 6.07) is 9.56. The van der Waals surface area contributed by atoms with E-state index in [1.807, 2.05) is 0 Å². The predicted octanol–water partition coefficient (Wildman–Crippen LogP) is 2.11. The van der Waals surface area contributed by atoms with Crippen LogP contribution in [0.1, 0.15) is 19.4 Å². The van der Waals surface area contributed by atoms with Gasteiger partial charge in [0.15, 0.2) is 0 Å². The van der Waals surface area contributed by atoms with Gasteiger partial charge in [-0.05, 0) is 49.7 Å². The van der Waals surface area contributed by atoms with Gasteiger partial charge in [0.25, 0.3) is 10.0 Å². The van der Waals surface area contributed by atoms with Crippen molar-refractivity contribution in [2.75, 3.05) is 10.0 Å². The SMILES string of the molecule is CC1(C)C(=O)Nc2ccc(S(=O)(=O)Nc3ccccn3)cc21. The number of sulfonamides is 1. The number of fused-ring (bicyclic) bond motifs is 1. The van der Waals surface area contributed by atoms with E-state index < -0.39 is 15.4 Å². The van der Waals surface area contributed by atoms with Crippen LogP contribution in [0.15, 0.2) is 47.5 Å². The molecule has 1 aromatic carbocycles. The Labute approximate surface area is 128 Å². The first-order valence-corrected chi connectivity index (χ1v) is 8.19. The molecule has 1 aliphatic heterocycles. The Bertz CT molecular complexity index is 846. The lowest BCUT2D eigenvalue weighted by Crippen LogP contribution is -2.27. The van der Waals surface area contributed by atoms with Crippen molar-refractivity contribution in [2.45, 2.75) is 24.2 Å². The molecule has 114 valence electrons. The number of carbonyl (C=O) groups excluding carboxylic acids is 1. The Morgan fingerprint density at radius 1 is 1.18 bits per heavy atom. The maximum Gasteiger partial charge on any atom is 0.263 e. The molecule has 0 aliphatic carbocycles. The number of carbonyl (C=O) groups is 1. The van der Waals surface area contributed by atoms with Crippen molar-refractivity contribution in [1.29, 1.82) is 0 Å². The van der Waals surface area contributed by atoms with Crippen LogP contribution < -0.4 is 10.0 Å². The highest BCUT2D eigenvalue weighted by Crippen LogP contribution is 2.38. The second-order valence-corrected chi connectivity index (χ2v) is 7.29. The Balaban J connectivity index is 2.00. The summed E-state index contributed by atoms with van der Waals surface area (Å²) in [5.74, 6) is 0.103. The lowest BCUT2D eigenvalue weighted by Gasteiger charge is -2.16. The second-order valence-electron chi connectivity index (χ2n) is 5.61. The first kappa shape index (κ1) is 14.5. The molecule has 0 radical (unpaired) electrons. The van der Waals surface area contributed by atoms with Crippen molar-refractivity contribution < 1.29 is 13.2 Å². The number of pyridine rings is 1. The zero-order valence-corrected chi connectivity index (χ0v) is 12.9. The van der Waals surface area contributed by atoms with Gasteiger partial charge >= 0.3 is 0 Å². The van der Waals surface area contributed by atoms with Gasteiger partial charge in [0.1, 0.15) is 5.82 Å². The van der Waals surface area contributed by atoms with Gasteiger partial charge in [-0.2, -0.15) is 0 Å². The van der Waals surface area contributed by atoms with Crippen molar-refractivity contribution >= 4 is 27.4 Å². The van der Waals surface area contributed by atoms with Crippen molar-refractivity contribution in [1.82, 2.24) is 4.98 Å². The summed E-state index contributed by atoms with van der Waals surface area (Å²) in [6.07, 6.45) is 1.51. The fourth-order valence-electron chi connectivity index (χ4n) is 2.34. The first-order valence-electron chi connectivity index (χ1n) is 6.70. The number of hydrogen-bond donors (Lipinski definition) is 2. The first-order chi connectivity index (χ1) is 10.3. The molecule has 3 rings (SSSR count). The van der Waals surface area contributed by atoms with E-state index in [2.05, 4.69) is 15.0 Å². The Hall–Kier alpha value is -2.41. The highest BCUT2D eigenvalue weighted by molar-refractivity contribution is 7.92. The molecule has 0 saturated heterocycles. The van der Waals surface area contributed by atoms with Gasteiger partial charge in [-0.3, -0.25) is 9.52 Å². The highest BCUT2D eigenvalue weighted by atomic mass is 32.2. The molecule has 1 aromatic heterocycles. The van der Waals surface area contributed by atoms with Gasteiger partial charge in [0.2, 0.25) is 5.91 Å². The third-order valence-corrected chi connectivity index (χ3v) is 5.05. The largest absolute Gasteiger partial charge is 0.325 e. The number of amides is 1. The lowest BCUT2D eigenvalue weighted by atomic mass is 9.86. The molecule has 2 aromatic rings. The minimum Gasteiger partial charge on any atom is -0.325 e. The van der Waals surface area contributed by atoms with Crippen LogP contribution in [0.5, 0.6) is 0 Å². The lowest BCUT2D eigenvalue weighted by molar-refractivity contribution is -0.119. The summed E-state index contributed by atoms with van der Waals surface area (Å²) in [5, 5.41) is 2.75. The molecule has 0 fully saturated rings. The number of aromatic nitrogens is 1. The topological polar surface area (TPSA) is 88.2 Å². The van der Waals surface area contributed by atoms with Crippen LogP contribution in [0.3, 0.4) is 0 Å². The van der Waals surface area contributed by atoms with Crippen LogP contribution in [0.25, 0.3) is 0 Å². The Kier molecular flexibility index (Phi) is 3.17. The van der Waals surface area contributed by atoms with Gasteiger partial charge in [0.05, 0.1) is 10.3 Å². The summed E-state index contributed by atoms with van der Waals surface area (Å²) in [7, 11) is -3.75. The highest BCUT2D eigenvalue weighted by Gasteiger charge is 2.39. The van der Waals surface area contributed by atoms with E-state index in [0.29, 0.717) is 11.3 Å². The molecule has 0 bridgehead atoms. The summed E-state index contributed by atoms with van der Waals surface area (Å²) < 4.78 is 27.3.